The van der Waals surface area contributed by atoms with Crippen LogP contribution in [0.3, 0.4) is 0 Å². The summed E-state index contributed by atoms with van der Waals surface area (Å²) in [6.07, 6.45) is 1.24. The van der Waals surface area contributed by atoms with Crippen LogP contribution in [-0.4, -0.2) is 25.0 Å². The predicted octanol–water partition coefficient (Wildman–Crippen LogP) is 3.90. The highest BCUT2D eigenvalue weighted by atomic mass is 16.5. The van der Waals surface area contributed by atoms with E-state index in [0.717, 1.165) is 23.4 Å². The number of hydrogen-bond acceptors (Lipinski definition) is 5. The highest BCUT2D eigenvalue weighted by Gasteiger charge is 2.42. The fraction of sp³-hybridized carbons (Fsp3) is 0.478. The molecule has 3 rings (SSSR count). The molecule has 1 heterocycles. The number of nitrogens with one attached hydrogen (secondary N) is 1. The fourth-order valence-electron chi connectivity index (χ4n) is 4.09. The SMILES string of the molecule is CCOC(=O)C1=C(C)NC2=C(C(=O)CC(C)(C)C2)C1COCc1ccccc1. The third-order valence-corrected chi connectivity index (χ3v) is 5.25. The molecule has 5 nitrogen and oxygen atoms in total. The van der Waals surface area contributed by atoms with Gasteiger partial charge in [0.05, 0.1) is 25.4 Å². The summed E-state index contributed by atoms with van der Waals surface area (Å²) in [5.74, 6) is -0.700. The molecule has 1 aromatic rings. The molecule has 0 aromatic heterocycles. The summed E-state index contributed by atoms with van der Waals surface area (Å²) in [7, 11) is 0. The smallest absolute Gasteiger partial charge is 0.336 e. The standard InChI is InChI=1S/C23H29NO4/c1-5-28-22(26)20-15(2)24-18-11-23(3,4)12-19(25)21(18)17(20)14-27-13-16-9-7-6-8-10-16/h6-10,17,24H,5,11-14H2,1-4H3. The summed E-state index contributed by atoms with van der Waals surface area (Å²) in [4.78, 5) is 25.6. The molecular weight excluding hydrogens is 354 g/mol. The number of esters is 1. The number of carbonyl (C=O) groups is 2. The number of benzene rings is 1. The number of hydrogen-bond donors (Lipinski definition) is 1. The summed E-state index contributed by atoms with van der Waals surface area (Å²) < 4.78 is 11.2. The third-order valence-electron chi connectivity index (χ3n) is 5.25. The molecule has 0 radical (unpaired) electrons. The first-order valence-corrected chi connectivity index (χ1v) is 9.85. The van der Waals surface area contributed by atoms with Crippen molar-refractivity contribution in [3.05, 3.63) is 58.4 Å². The van der Waals surface area contributed by atoms with Crippen LogP contribution in [0, 0.1) is 11.3 Å². The Morgan fingerprint density at radius 1 is 1.21 bits per heavy atom. The van der Waals surface area contributed by atoms with Crippen molar-refractivity contribution >= 4 is 11.8 Å². The molecule has 5 heteroatoms. The van der Waals surface area contributed by atoms with E-state index in [0.29, 0.717) is 30.8 Å². The lowest BCUT2D eigenvalue weighted by atomic mass is 9.70. The van der Waals surface area contributed by atoms with Crippen LogP contribution in [0.15, 0.2) is 52.9 Å². The van der Waals surface area contributed by atoms with E-state index in [1.807, 2.05) is 37.3 Å². The Bertz CT molecular complexity index is 820. The van der Waals surface area contributed by atoms with E-state index >= 15 is 0 Å². The van der Waals surface area contributed by atoms with Crippen LogP contribution in [0.5, 0.6) is 0 Å². The second-order valence-corrected chi connectivity index (χ2v) is 8.27. The first-order chi connectivity index (χ1) is 13.3. The first-order valence-electron chi connectivity index (χ1n) is 9.85. The van der Waals surface area contributed by atoms with Crippen LogP contribution in [0.2, 0.25) is 0 Å². The van der Waals surface area contributed by atoms with E-state index in [1.54, 1.807) is 6.92 Å². The number of carbonyl (C=O) groups excluding carboxylic acids is 2. The van der Waals surface area contributed by atoms with Gasteiger partial charge in [-0.3, -0.25) is 4.79 Å². The fourth-order valence-corrected chi connectivity index (χ4v) is 4.09. The predicted molar refractivity (Wildman–Crippen MR) is 107 cm³/mol. The number of ketones is 1. The topological polar surface area (TPSA) is 64.6 Å². The summed E-state index contributed by atoms with van der Waals surface area (Å²) in [6.45, 7) is 8.83. The molecule has 1 atom stereocenters. The lowest BCUT2D eigenvalue weighted by Gasteiger charge is -2.39. The summed E-state index contributed by atoms with van der Waals surface area (Å²) in [5.41, 5.74) is 3.80. The van der Waals surface area contributed by atoms with E-state index in [9.17, 15) is 9.59 Å². The Hall–Kier alpha value is -2.40. The first kappa shape index (κ1) is 20.3. The maximum atomic E-state index is 13.0. The van der Waals surface area contributed by atoms with Crippen molar-refractivity contribution in [2.75, 3.05) is 13.2 Å². The highest BCUT2D eigenvalue weighted by molar-refractivity contribution is 6.02. The van der Waals surface area contributed by atoms with Crippen molar-refractivity contribution < 1.29 is 19.1 Å². The number of rotatable bonds is 6. The maximum absolute atomic E-state index is 13.0. The molecule has 0 amide bonds. The van der Waals surface area contributed by atoms with Crippen LogP contribution >= 0.6 is 0 Å². The minimum absolute atomic E-state index is 0.0846. The Labute approximate surface area is 166 Å². The minimum atomic E-state index is -0.400. The van der Waals surface area contributed by atoms with Crippen molar-refractivity contribution in [1.29, 1.82) is 0 Å². The van der Waals surface area contributed by atoms with Crippen molar-refractivity contribution in [2.24, 2.45) is 11.3 Å². The zero-order valence-electron chi connectivity index (χ0n) is 17.1. The van der Waals surface area contributed by atoms with E-state index in [-0.39, 0.29) is 23.8 Å². The maximum Gasteiger partial charge on any atom is 0.336 e. The summed E-state index contributed by atoms with van der Waals surface area (Å²) in [6, 6.07) is 9.87. The molecule has 1 aliphatic heterocycles. The molecule has 0 fully saturated rings. The second kappa shape index (κ2) is 8.31. The quantitative estimate of drug-likeness (QED) is 0.755. The van der Waals surface area contributed by atoms with Crippen molar-refractivity contribution in [3.8, 4) is 0 Å². The van der Waals surface area contributed by atoms with Crippen molar-refractivity contribution in [1.82, 2.24) is 5.32 Å². The van der Waals surface area contributed by atoms with E-state index in [4.69, 9.17) is 9.47 Å². The molecule has 1 aromatic carbocycles. The molecule has 0 spiro atoms. The normalized spacial score (nSPS) is 21.3. The Morgan fingerprint density at radius 2 is 1.93 bits per heavy atom. The molecule has 0 saturated carbocycles. The number of ether oxygens (including phenoxy) is 2. The second-order valence-electron chi connectivity index (χ2n) is 8.27. The van der Waals surface area contributed by atoms with Gasteiger partial charge < -0.3 is 14.8 Å². The van der Waals surface area contributed by atoms with Gasteiger partial charge in [0, 0.05) is 29.3 Å². The third kappa shape index (κ3) is 4.36. The van der Waals surface area contributed by atoms with Crippen molar-refractivity contribution in [3.63, 3.8) is 0 Å². The summed E-state index contributed by atoms with van der Waals surface area (Å²) >= 11 is 0. The van der Waals surface area contributed by atoms with Gasteiger partial charge in [-0.15, -0.1) is 0 Å². The average Bonchev–Trinajstić information content (AvgIpc) is 2.61. The molecule has 150 valence electrons. The monoisotopic (exact) mass is 383 g/mol. The molecule has 2 aliphatic rings. The largest absolute Gasteiger partial charge is 0.463 e. The molecule has 1 N–H and O–H groups in total. The van der Waals surface area contributed by atoms with Crippen LogP contribution < -0.4 is 5.32 Å². The van der Waals surface area contributed by atoms with Gasteiger partial charge in [-0.05, 0) is 31.2 Å². The van der Waals surface area contributed by atoms with Crippen LogP contribution in [-0.2, 0) is 25.7 Å². The van der Waals surface area contributed by atoms with E-state index in [2.05, 4.69) is 19.2 Å². The average molecular weight is 383 g/mol. The van der Waals surface area contributed by atoms with Gasteiger partial charge in [-0.25, -0.2) is 4.79 Å². The zero-order valence-corrected chi connectivity index (χ0v) is 17.1. The Morgan fingerprint density at radius 3 is 2.61 bits per heavy atom. The van der Waals surface area contributed by atoms with Gasteiger partial charge in [-0.1, -0.05) is 44.2 Å². The van der Waals surface area contributed by atoms with Gasteiger partial charge in [0.15, 0.2) is 5.78 Å². The van der Waals surface area contributed by atoms with Crippen LogP contribution in [0.4, 0.5) is 0 Å². The highest BCUT2D eigenvalue weighted by Crippen LogP contribution is 2.43. The van der Waals surface area contributed by atoms with Crippen LogP contribution in [0.1, 0.15) is 46.1 Å². The van der Waals surface area contributed by atoms with Gasteiger partial charge in [-0.2, -0.15) is 0 Å². The summed E-state index contributed by atoms with van der Waals surface area (Å²) in [5, 5.41) is 3.31. The van der Waals surface area contributed by atoms with Crippen LogP contribution in [0.25, 0.3) is 0 Å². The Balaban J connectivity index is 1.88. The molecular formula is C23H29NO4. The molecule has 1 aliphatic carbocycles. The van der Waals surface area contributed by atoms with Gasteiger partial charge >= 0.3 is 5.97 Å². The number of dihydropyridines is 1. The molecule has 0 bridgehead atoms. The lowest BCUT2D eigenvalue weighted by Crippen LogP contribution is -2.40. The van der Waals surface area contributed by atoms with Gasteiger partial charge in [0.2, 0.25) is 0 Å². The number of Topliss-reactive ketones (excluding diaryl/α,β-unsaturated/α-hetero) is 1. The number of allylic oxidation sites excluding steroid dienone is 2. The molecule has 0 saturated heterocycles. The molecule has 1 unspecified atom stereocenters. The lowest BCUT2D eigenvalue weighted by molar-refractivity contribution is -0.139. The van der Waals surface area contributed by atoms with E-state index < -0.39 is 5.92 Å². The van der Waals surface area contributed by atoms with Crippen molar-refractivity contribution in [2.45, 2.75) is 47.1 Å². The zero-order chi connectivity index (χ0) is 20.3. The Kier molecular flexibility index (Phi) is 6.04. The van der Waals surface area contributed by atoms with E-state index in [1.165, 1.54) is 0 Å². The molecule has 28 heavy (non-hydrogen) atoms. The van der Waals surface area contributed by atoms with Gasteiger partial charge in [0.1, 0.15) is 0 Å². The minimum Gasteiger partial charge on any atom is -0.463 e. The van der Waals surface area contributed by atoms with Gasteiger partial charge in [0.25, 0.3) is 0 Å².